The largest absolute Gasteiger partial charge is 0.394 e. The maximum atomic E-state index is 12.5. The smallest absolute Gasteiger partial charge is 0.220 e. The number of carbonyl (C=O) groups is 1. The number of allylic oxidation sites excluding steroid dienone is 2. The van der Waals surface area contributed by atoms with Gasteiger partial charge < -0.3 is 20.6 Å². The van der Waals surface area contributed by atoms with E-state index in [1.54, 1.807) is 0 Å². The molecule has 0 aromatic carbocycles. The second kappa shape index (κ2) is 50.7. The van der Waals surface area contributed by atoms with Crippen molar-refractivity contribution in [2.45, 2.75) is 327 Å². The van der Waals surface area contributed by atoms with Gasteiger partial charge in [-0.05, 0) is 38.5 Å². The lowest BCUT2D eigenvalue weighted by molar-refractivity contribution is -0.124. The first-order chi connectivity index (χ1) is 29.6. The van der Waals surface area contributed by atoms with E-state index in [2.05, 4.69) is 31.3 Å². The quantitative estimate of drug-likeness (QED) is 0.0363. The summed E-state index contributed by atoms with van der Waals surface area (Å²) >= 11 is 0. The molecule has 4 N–H and O–H groups in total. The SMILES string of the molecule is CCCCCCCCCCCCCCCCCCC/C=C/CCCC(O)C(O)C(CO)NC(=O)CCCCCCCCCCCCCCCCCCCCCCCCCC. The Morgan fingerprint density at radius 1 is 0.400 bits per heavy atom. The summed E-state index contributed by atoms with van der Waals surface area (Å²) in [5.74, 6) is -0.147. The molecule has 0 heterocycles. The summed E-state index contributed by atoms with van der Waals surface area (Å²) in [6, 6.07) is -0.822. The molecule has 0 aliphatic carbocycles. The van der Waals surface area contributed by atoms with Gasteiger partial charge in [0.15, 0.2) is 0 Å². The topological polar surface area (TPSA) is 89.8 Å². The number of aliphatic hydroxyl groups is 3. The number of nitrogens with one attached hydrogen (secondary N) is 1. The van der Waals surface area contributed by atoms with Gasteiger partial charge in [-0.25, -0.2) is 0 Å². The van der Waals surface area contributed by atoms with E-state index >= 15 is 0 Å². The van der Waals surface area contributed by atoms with Gasteiger partial charge in [0.25, 0.3) is 0 Å². The number of amides is 1. The highest BCUT2D eigenvalue weighted by Crippen LogP contribution is 2.18. The molecule has 0 saturated heterocycles. The predicted octanol–water partition coefficient (Wildman–Crippen LogP) is 16.7. The maximum Gasteiger partial charge on any atom is 0.220 e. The molecule has 0 spiro atoms. The average Bonchev–Trinajstić information content (AvgIpc) is 3.25. The van der Waals surface area contributed by atoms with Crippen LogP contribution < -0.4 is 5.32 Å². The highest BCUT2D eigenvalue weighted by atomic mass is 16.3. The van der Waals surface area contributed by atoms with Crippen LogP contribution in [0.3, 0.4) is 0 Å². The van der Waals surface area contributed by atoms with Crippen LogP contribution in [0, 0.1) is 0 Å². The highest BCUT2D eigenvalue weighted by molar-refractivity contribution is 5.76. The highest BCUT2D eigenvalue weighted by Gasteiger charge is 2.26. The molecule has 0 aromatic rings. The number of hydrogen-bond acceptors (Lipinski definition) is 4. The van der Waals surface area contributed by atoms with Gasteiger partial charge in [-0.1, -0.05) is 276 Å². The summed E-state index contributed by atoms with van der Waals surface area (Å²) < 4.78 is 0. The van der Waals surface area contributed by atoms with Crippen LogP contribution in [0.25, 0.3) is 0 Å². The van der Waals surface area contributed by atoms with Crippen molar-refractivity contribution in [3.05, 3.63) is 12.2 Å². The molecule has 5 heteroatoms. The van der Waals surface area contributed by atoms with E-state index in [1.165, 1.54) is 244 Å². The van der Waals surface area contributed by atoms with Gasteiger partial charge >= 0.3 is 0 Å². The van der Waals surface area contributed by atoms with Crippen LogP contribution in [0.1, 0.15) is 309 Å². The maximum absolute atomic E-state index is 12.5. The first-order valence-electron chi connectivity index (χ1n) is 27.5. The van der Waals surface area contributed by atoms with Crippen LogP contribution >= 0.6 is 0 Å². The lowest BCUT2D eigenvalue weighted by atomic mass is 10.0. The summed E-state index contributed by atoms with van der Waals surface area (Å²) in [6.07, 6.45) is 62.2. The van der Waals surface area contributed by atoms with E-state index in [9.17, 15) is 20.1 Å². The third-order valence-corrected chi connectivity index (χ3v) is 13.1. The first-order valence-corrected chi connectivity index (χ1v) is 27.5. The zero-order valence-corrected chi connectivity index (χ0v) is 40.9. The Hall–Kier alpha value is -0.910. The van der Waals surface area contributed by atoms with Gasteiger partial charge in [0, 0.05) is 6.42 Å². The molecule has 1 amide bonds. The zero-order valence-electron chi connectivity index (χ0n) is 40.9. The van der Waals surface area contributed by atoms with Gasteiger partial charge in [-0.15, -0.1) is 0 Å². The first kappa shape index (κ1) is 59.1. The lowest BCUT2D eigenvalue weighted by Gasteiger charge is -2.26. The van der Waals surface area contributed by atoms with Crippen molar-refractivity contribution in [3.8, 4) is 0 Å². The zero-order chi connectivity index (χ0) is 43.7. The minimum absolute atomic E-state index is 0.147. The molecule has 358 valence electrons. The number of carbonyl (C=O) groups excluding carboxylic acids is 1. The Morgan fingerprint density at radius 3 is 0.967 bits per heavy atom. The predicted molar refractivity (Wildman–Crippen MR) is 264 cm³/mol. The summed E-state index contributed by atoms with van der Waals surface area (Å²) in [5.41, 5.74) is 0. The normalized spacial score (nSPS) is 13.3. The molecule has 3 unspecified atom stereocenters. The van der Waals surface area contributed by atoms with Crippen LogP contribution in [0.15, 0.2) is 12.2 Å². The molecule has 0 fully saturated rings. The molecule has 60 heavy (non-hydrogen) atoms. The molecule has 0 radical (unpaired) electrons. The minimum atomic E-state index is -1.16. The van der Waals surface area contributed by atoms with Crippen molar-refractivity contribution in [2.75, 3.05) is 6.61 Å². The second-order valence-corrected chi connectivity index (χ2v) is 19.1. The fraction of sp³-hybridized carbons (Fsp3) is 0.945. The van der Waals surface area contributed by atoms with Crippen molar-refractivity contribution < 1.29 is 20.1 Å². The summed E-state index contributed by atoms with van der Waals surface area (Å²) in [6.45, 7) is 4.21. The lowest BCUT2D eigenvalue weighted by Crippen LogP contribution is -2.50. The van der Waals surface area contributed by atoms with Gasteiger partial charge in [0.05, 0.1) is 18.8 Å². The number of unbranched alkanes of at least 4 members (excludes halogenated alkanes) is 41. The van der Waals surface area contributed by atoms with Crippen LogP contribution in [-0.2, 0) is 4.79 Å². The Kier molecular flexibility index (Phi) is 50.0. The fourth-order valence-corrected chi connectivity index (χ4v) is 8.87. The van der Waals surface area contributed by atoms with Gasteiger partial charge in [0.1, 0.15) is 6.10 Å². The Labute approximate surface area is 376 Å². The summed E-state index contributed by atoms with van der Waals surface area (Å²) in [5, 5.41) is 33.7. The third-order valence-electron chi connectivity index (χ3n) is 13.1. The third kappa shape index (κ3) is 45.1. The molecular weight excluding hydrogens is 739 g/mol. The average molecular weight is 848 g/mol. The van der Waals surface area contributed by atoms with Crippen LogP contribution in [0.2, 0.25) is 0 Å². The van der Waals surface area contributed by atoms with Crippen molar-refractivity contribution in [1.82, 2.24) is 5.32 Å². The summed E-state index contributed by atoms with van der Waals surface area (Å²) in [7, 11) is 0. The van der Waals surface area contributed by atoms with E-state index in [1.807, 2.05) is 0 Å². The fourth-order valence-electron chi connectivity index (χ4n) is 8.87. The Bertz CT molecular complexity index is 848. The van der Waals surface area contributed by atoms with Crippen LogP contribution in [-0.4, -0.2) is 46.1 Å². The van der Waals surface area contributed by atoms with Gasteiger partial charge in [-0.3, -0.25) is 4.79 Å². The Morgan fingerprint density at radius 2 is 0.667 bits per heavy atom. The van der Waals surface area contributed by atoms with Crippen LogP contribution in [0.5, 0.6) is 0 Å². The van der Waals surface area contributed by atoms with Crippen molar-refractivity contribution in [3.63, 3.8) is 0 Å². The van der Waals surface area contributed by atoms with Crippen molar-refractivity contribution >= 4 is 5.91 Å². The number of hydrogen-bond donors (Lipinski definition) is 4. The van der Waals surface area contributed by atoms with Crippen LogP contribution in [0.4, 0.5) is 0 Å². The van der Waals surface area contributed by atoms with Crippen molar-refractivity contribution in [1.29, 1.82) is 0 Å². The number of rotatable bonds is 51. The molecule has 0 saturated carbocycles. The molecule has 0 rings (SSSR count). The van der Waals surface area contributed by atoms with E-state index in [0.717, 1.165) is 38.5 Å². The molecule has 0 aliphatic heterocycles. The standard InChI is InChI=1S/C55H109NO4/c1-3-5-7-9-11-13-15-17-19-21-23-25-27-28-30-32-34-36-38-40-42-44-46-48-50-54(59)56-52(51-57)55(60)53(58)49-47-45-43-41-39-37-35-33-31-29-26-24-22-20-18-16-14-12-10-8-6-4-2/h41,43,52-53,55,57-58,60H,3-40,42,44-51H2,1-2H3,(H,56,59)/b43-41+. The molecule has 3 atom stereocenters. The minimum Gasteiger partial charge on any atom is -0.394 e. The summed E-state index contributed by atoms with van der Waals surface area (Å²) in [4.78, 5) is 12.5. The van der Waals surface area contributed by atoms with E-state index in [0.29, 0.717) is 12.8 Å². The van der Waals surface area contributed by atoms with Crippen molar-refractivity contribution in [2.24, 2.45) is 0 Å². The molecule has 5 nitrogen and oxygen atoms in total. The van der Waals surface area contributed by atoms with Gasteiger partial charge in [-0.2, -0.15) is 0 Å². The van der Waals surface area contributed by atoms with Gasteiger partial charge in [0.2, 0.25) is 5.91 Å². The monoisotopic (exact) mass is 848 g/mol. The second-order valence-electron chi connectivity index (χ2n) is 19.1. The van der Waals surface area contributed by atoms with E-state index in [-0.39, 0.29) is 12.5 Å². The molecule has 0 aromatic heterocycles. The number of aliphatic hydroxyl groups excluding tert-OH is 3. The van der Waals surface area contributed by atoms with E-state index in [4.69, 9.17) is 0 Å². The Balaban J connectivity index is 3.54. The van der Waals surface area contributed by atoms with E-state index < -0.39 is 18.2 Å². The molecular formula is C55H109NO4. The molecule has 0 aliphatic rings. The molecule has 0 bridgehead atoms.